The van der Waals surface area contributed by atoms with E-state index in [1.54, 1.807) is 12.1 Å². The summed E-state index contributed by atoms with van der Waals surface area (Å²) in [7, 11) is -3.58. The number of hydrogen-bond donors (Lipinski definition) is 0. The third kappa shape index (κ3) is 3.13. The SMILES string of the molecule is CC(C)(C)c1ccc2c(c1)C(/C=C/c1ccccc1)=NS2(=O)=O. The van der Waals surface area contributed by atoms with Gasteiger partial charge in [-0.2, -0.15) is 12.8 Å². The van der Waals surface area contributed by atoms with E-state index < -0.39 is 10.0 Å². The first-order valence-electron chi connectivity index (χ1n) is 7.50. The zero-order valence-corrected chi connectivity index (χ0v) is 14.3. The molecule has 2 aromatic rings. The van der Waals surface area contributed by atoms with E-state index in [4.69, 9.17) is 0 Å². The van der Waals surface area contributed by atoms with Crippen molar-refractivity contribution in [1.82, 2.24) is 0 Å². The molecule has 0 radical (unpaired) electrons. The monoisotopic (exact) mass is 325 g/mol. The van der Waals surface area contributed by atoms with Crippen molar-refractivity contribution in [2.45, 2.75) is 31.1 Å². The molecule has 1 heterocycles. The highest BCUT2D eigenvalue weighted by Gasteiger charge is 2.29. The average molecular weight is 325 g/mol. The summed E-state index contributed by atoms with van der Waals surface area (Å²) in [6.07, 6.45) is 3.65. The molecule has 0 unspecified atom stereocenters. The van der Waals surface area contributed by atoms with Crippen molar-refractivity contribution in [1.29, 1.82) is 0 Å². The highest BCUT2D eigenvalue weighted by atomic mass is 32.2. The Bertz CT molecular complexity index is 902. The lowest BCUT2D eigenvalue weighted by molar-refractivity contribution is 0.587. The predicted octanol–water partition coefficient (Wildman–Crippen LogP) is 4.19. The molecule has 2 aromatic carbocycles. The molecular weight excluding hydrogens is 306 g/mol. The van der Waals surface area contributed by atoms with E-state index in [1.165, 1.54) is 0 Å². The van der Waals surface area contributed by atoms with Crippen LogP contribution in [0.4, 0.5) is 0 Å². The minimum absolute atomic E-state index is 0.0460. The van der Waals surface area contributed by atoms with E-state index >= 15 is 0 Å². The van der Waals surface area contributed by atoms with Crippen molar-refractivity contribution in [3.8, 4) is 0 Å². The lowest BCUT2D eigenvalue weighted by Crippen LogP contribution is -2.12. The maximum absolute atomic E-state index is 12.2. The third-order valence-electron chi connectivity index (χ3n) is 3.85. The van der Waals surface area contributed by atoms with Gasteiger partial charge in [0.05, 0.1) is 10.6 Å². The number of fused-ring (bicyclic) bond motifs is 1. The Hall–Kier alpha value is -2.20. The van der Waals surface area contributed by atoms with Crippen molar-refractivity contribution in [2.75, 3.05) is 0 Å². The number of rotatable bonds is 2. The summed E-state index contributed by atoms with van der Waals surface area (Å²) in [4.78, 5) is 0.290. The Morgan fingerprint density at radius 2 is 1.65 bits per heavy atom. The number of benzene rings is 2. The van der Waals surface area contributed by atoms with Crippen LogP contribution in [-0.2, 0) is 15.4 Å². The highest BCUT2D eigenvalue weighted by Crippen LogP contribution is 2.32. The van der Waals surface area contributed by atoms with Gasteiger partial charge >= 0.3 is 0 Å². The minimum Gasteiger partial charge on any atom is -0.199 e. The van der Waals surface area contributed by atoms with Crippen LogP contribution in [0.25, 0.3) is 6.08 Å². The van der Waals surface area contributed by atoms with Crippen LogP contribution in [-0.4, -0.2) is 14.1 Å². The quantitative estimate of drug-likeness (QED) is 0.831. The number of nitrogens with zero attached hydrogens (tertiary/aromatic N) is 1. The van der Waals surface area contributed by atoms with Gasteiger partial charge in [0.15, 0.2) is 0 Å². The van der Waals surface area contributed by atoms with E-state index in [0.29, 0.717) is 16.2 Å². The normalized spacial score (nSPS) is 16.4. The van der Waals surface area contributed by atoms with E-state index in [9.17, 15) is 8.42 Å². The van der Waals surface area contributed by atoms with Gasteiger partial charge in [0.25, 0.3) is 10.0 Å². The fourth-order valence-corrected chi connectivity index (χ4v) is 3.71. The van der Waals surface area contributed by atoms with E-state index in [0.717, 1.165) is 11.1 Å². The summed E-state index contributed by atoms with van der Waals surface area (Å²) in [5.74, 6) is 0. The van der Waals surface area contributed by atoms with Crippen molar-refractivity contribution >= 4 is 21.8 Å². The van der Waals surface area contributed by atoms with Crippen molar-refractivity contribution in [2.24, 2.45) is 4.40 Å². The van der Waals surface area contributed by atoms with Crippen LogP contribution < -0.4 is 0 Å². The summed E-state index contributed by atoms with van der Waals surface area (Å²) >= 11 is 0. The first kappa shape index (κ1) is 15.7. The molecule has 3 nitrogen and oxygen atoms in total. The Labute approximate surface area is 137 Å². The maximum Gasteiger partial charge on any atom is 0.283 e. The number of allylic oxidation sites excluding steroid dienone is 1. The minimum atomic E-state index is -3.58. The molecule has 0 saturated carbocycles. The van der Waals surface area contributed by atoms with Gasteiger partial charge in [-0.25, -0.2) is 0 Å². The molecule has 0 N–H and O–H groups in total. The Kier molecular flexibility index (Phi) is 3.72. The molecule has 3 rings (SSSR count). The van der Waals surface area contributed by atoms with Gasteiger partial charge in [0.1, 0.15) is 0 Å². The van der Waals surface area contributed by atoms with Gasteiger partial charge in [0, 0.05) is 5.56 Å². The molecule has 1 aliphatic heterocycles. The van der Waals surface area contributed by atoms with Crippen LogP contribution in [0.2, 0.25) is 0 Å². The van der Waals surface area contributed by atoms with Crippen molar-refractivity contribution < 1.29 is 8.42 Å². The second kappa shape index (κ2) is 5.46. The Morgan fingerprint density at radius 3 is 2.30 bits per heavy atom. The molecule has 0 bridgehead atoms. The Morgan fingerprint density at radius 1 is 0.957 bits per heavy atom. The van der Waals surface area contributed by atoms with Gasteiger partial charge in [-0.1, -0.05) is 63.2 Å². The van der Waals surface area contributed by atoms with Crippen LogP contribution in [0.3, 0.4) is 0 Å². The molecule has 0 spiro atoms. The fourth-order valence-electron chi connectivity index (χ4n) is 2.51. The number of sulfonamides is 1. The standard InChI is InChI=1S/C19H19NO2S/c1-19(2,3)15-10-12-18-16(13-15)17(20-23(18,21)22)11-9-14-7-5-4-6-8-14/h4-13H,1-3H3/b11-9+. The van der Waals surface area contributed by atoms with Crippen LogP contribution >= 0.6 is 0 Å². The molecule has 0 fully saturated rings. The topological polar surface area (TPSA) is 46.5 Å². The molecule has 4 heteroatoms. The molecular formula is C19H19NO2S. The van der Waals surface area contributed by atoms with Gasteiger partial charge in [-0.15, -0.1) is 0 Å². The smallest absolute Gasteiger partial charge is 0.199 e. The average Bonchev–Trinajstić information content (AvgIpc) is 2.76. The van der Waals surface area contributed by atoms with Gasteiger partial charge in [-0.05, 0) is 34.8 Å². The van der Waals surface area contributed by atoms with E-state index in [2.05, 4.69) is 25.2 Å². The first-order chi connectivity index (χ1) is 10.8. The van der Waals surface area contributed by atoms with Crippen molar-refractivity contribution in [3.63, 3.8) is 0 Å². The lowest BCUT2D eigenvalue weighted by Gasteiger charge is -2.19. The molecule has 23 heavy (non-hydrogen) atoms. The summed E-state index contributed by atoms with van der Waals surface area (Å²) in [6.45, 7) is 6.32. The largest absolute Gasteiger partial charge is 0.283 e. The molecule has 0 atom stereocenters. The third-order valence-corrected chi connectivity index (χ3v) is 5.20. The zero-order valence-electron chi connectivity index (χ0n) is 13.4. The molecule has 0 aliphatic carbocycles. The molecule has 0 saturated heterocycles. The lowest BCUT2D eigenvalue weighted by atomic mass is 9.85. The maximum atomic E-state index is 12.2. The van der Waals surface area contributed by atoms with Crippen LogP contribution in [0.5, 0.6) is 0 Å². The highest BCUT2D eigenvalue weighted by molar-refractivity contribution is 7.90. The van der Waals surface area contributed by atoms with Crippen LogP contribution in [0.15, 0.2) is 63.9 Å². The van der Waals surface area contributed by atoms with Gasteiger partial charge in [-0.3, -0.25) is 0 Å². The molecule has 0 aromatic heterocycles. The van der Waals surface area contributed by atoms with Crippen LogP contribution in [0.1, 0.15) is 37.5 Å². The van der Waals surface area contributed by atoms with E-state index in [-0.39, 0.29) is 5.41 Å². The first-order valence-corrected chi connectivity index (χ1v) is 8.94. The summed E-state index contributed by atoms with van der Waals surface area (Å²) in [5, 5.41) is 0. The summed E-state index contributed by atoms with van der Waals surface area (Å²) in [6, 6.07) is 15.2. The second-order valence-corrected chi connectivity index (χ2v) is 8.23. The van der Waals surface area contributed by atoms with E-state index in [1.807, 2.05) is 48.5 Å². The zero-order chi connectivity index (χ0) is 16.7. The van der Waals surface area contributed by atoms with Gasteiger partial charge < -0.3 is 0 Å². The summed E-state index contributed by atoms with van der Waals surface area (Å²) in [5.41, 5.74) is 3.23. The molecule has 1 aliphatic rings. The van der Waals surface area contributed by atoms with Crippen molar-refractivity contribution in [3.05, 3.63) is 71.3 Å². The molecule has 0 amide bonds. The van der Waals surface area contributed by atoms with Crippen LogP contribution in [0, 0.1) is 0 Å². The number of hydrogen-bond acceptors (Lipinski definition) is 2. The Balaban J connectivity index is 2.06. The predicted molar refractivity (Wildman–Crippen MR) is 94.3 cm³/mol. The molecule has 118 valence electrons. The summed E-state index contributed by atoms with van der Waals surface area (Å²) < 4.78 is 28.4. The van der Waals surface area contributed by atoms with Gasteiger partial charge in [0.2, 0.25) is 0 Å². The fraction of sp³-hybridized carbons (Fsp3) is 0.211. The second-order valence-electron chi connectivity index (χ2n) is 6.66.